The predicted octanol–water partition coefficient (Wildman–Crippen LogP) is 3.54. The number of hydrogen-bond acceptors (Lipinski definition) is 5. The van der Waals surface area contributed by atoms with Gasteiger partial charge in [-0.25, -0.2) is 14.8 Å². The quantitative estimate of drug-likeness (QED) is 0.780. The van der Waals surface area contributed by atoms with Gasteiger partial charge in [0.2, 0.25) is 0 Å². The van der Waals surface area contributed by atoms with Gasteiger partial charge in [-0.3, -0.25) is 9.30 Å². The summed E-state index contributed by atoms with van der Waals surface area (Å²) in [4.78, 5) is 23.4. The molecule has 2 aliphatic rings. The number of aromatic nitrogens is 3. The van der Waals surface area contributed by atoms with E-state index in [0.717, 1.165) is 37.1 Å². The summed E-state index contributed by atoms with van der Waals surface area (Å²) < 4.78 is 8.21. The van der Waals surface area contributed by atoms with Crippen LogP contribution in [0.25, 0.3) is 5.52 Å². The molecule has 25 heavy (non-hydrogen) atoms. The van der Waals surface area contributed by atoms with Crippen molar-refractivity contribution >= 4 is 33.4 Å². The van der Waals surface area contributed by atoms with E-state index in [2.05, 4.69) is 25.9 Å². The van der Waals surface area contributed by atoms with Gasteiger partial charge in [0.15, 0.2) is 5.82 Å². The van der Waals surface area contributed by atoms with Gasteiger partial charge < -0.3 is 10.5 Å². The predicted molar refractivity (Wildman–Crippen MR) is 97.1 cm³/mol. The number of carbonyl (C=O) groups excluding carboxylic acids is 1. The SMILES string of the molecule is CC(C)(C)OC(=O)N1CC2(CC2)CC1c1nc(Br)c2c(N)nccn12. The molecule has 0 bridgehead atoms. The van der Waals surface area contributed by atoms with Crippen LogP contribution < -0.4 is 5.73 Å². The zero-order valence-corrected chi connectivity index (χ0v) is 16.2. The molecule has 7 nitrogen and oxygen atoms in total. The first-order valence-electron chi connectivity index (χ1n) is 8.47. The number of imidazole rings is 1. The van der Waals surface area contributed by atoms with E-state index < -0.39 is 5.60 Å². The topological polar surface area (TPSA) is 85.8 Å². The standard InChI is InChI=1S/C17H22BrN5O2/c1-16(2,3)25-15(24)23-9-17(4-5-17)8-10(23)14-21-12(18)11-13(19)20-6-7-22(11)14/h6-7,10H,4-5,8-9H2,1-3H3,(H2,19,20). The molecule has 1 amide bonds. The number of anilines is 1. The van der Waals surface area contributed by atoms with Gasteiger partial charge in [0, 0.05) is 18.9 Å². The van der Waals surface area contributed by atoms with E-state index in [9.17, 15) is 4.79 Å². The number of hydrogen-bond donors (Lipinski definition) is 1. The number of nitrogen functional groups attached to an aromatic ring is 1. The fourth-order valence-corrected chi connectivity index (χ4v) is 4.19. The van der Waals surface area contributed by atoms with Gasteiger partial charge in [0.05, 0.1) is 6.04 Å². The lowest BCUT2D eigenvalue weighted by molar-refractivity contribution is 0.0211. The summed E-state index contributed by atoms with van der Waals surface area (Å²) in [7, 11) is 0. The number of amides is 1. The second kappa shape index (κ2) is 5.33. The number of nitrogens with two attached hydrogens (primary N) is 1. The van der Waals surface area contributed by atoms with E-state index in [1.54, 1.807) is 6.20 Å². The van der Waals surface area contributed by atoms with Crippen molar-refractivity contribution in [3.05, 3.63) is 22.8 Å². The summed E-state index contributed by atoms with van der Waals surface area (Å²) in [6.45, 7) is 6.38. The fraction of sp³-hybridized carbons (Fsp3) is 0.588. The summed E-state index contributed by atoms with van der Waals surface area (Å²) in [5, 5.41) is 0. The zero-order chi connectivity index (χ0) is 18.0. The first-order valence-corrected chi connectivity index (χ1v) is 9.26. The van der Waals surface area contributed by atoms with Crippen LogP contribution in [-0.2, 0) is 4.74 Å². The maximum atomic E-state index is 12.8. The van der Waals surface area contributed by atoms with Gasteiger partial charge in [0.1, 0.15) is 21.5 Å². The lowest BCUT2D eigenvalue weighted by atomic mass is 10.0. The van der Waals surface area contributed by atoms with Crippen molar-refractivity contribution in [1.82, 2.24) is 19.3 Å². The van der Waals surface area contributed by atoms with E-state index >= 15 is 0 Å². The molecule has 8 heteroatoms. The van der Waals surface area contributed by atoms with Gasteiger partial charge >= 0.3 is 6.09 Å². The van der Waals surface area contributed by atoms with E-state index in [1.165, 1.54) is 0 Å². The average Bonchev–Trinajstić information content (AvgIpc) is 3.00. The van der Waals surface area contributed by atoms with Crippen molar-refractivity contribution in [1.29, 1.82) is 0 Å². The Hall–Kier alpha value is -1.83. The molecule has 1 spiro atoms. The van der Waals surface area contributed by atoms with Gasteiger partial charge in [-0.05, 0) is 61.4 Å². The Kier molecular flexibility index (Phi) is 3.55. The molecule has 2 fully saturated rings. The van der Waals surface area contributed by atoms with Crippen LogP contribution in [0.5, 0.6) is 0 Å². The van der Waals surface area contributed by atoms with Crippen LogP contribution in [0, 0.1) is 5.41 Å². The second-order valence-corrected chi connectivity index (χ2v) is 8.87. The highest BCUT2D eigenvalue weighted by Gasteiger charge is 2.55. The third-order valence-corrected chi connectivity index (χ3v) is 5.51. The van der Waals surface area contributed by atoms with Crippen LogP contribution in [0.3, 0.4) is 0 Å². The van der Waals surface area contributed by atoms with Crippen molar-refractivity contribution in [2.24, 2.45) is 5.41 Å². The van der Waals surface area contributed by atoms with Gasteiger partial charge in [-0.2, -0.15) is 0 Å². The molecule has 1 saturated carbocycles. The van der Waals surface area contributed by atoms with Gasteiger partial charge in [-0.1, -0.05) is 0 Å². The van der Waals surface area contributed by atoms with Crippen molar-refractivity contribution in [3.63, 3.8) is 0 Å². The van der Waals surface area contributed by atoms with E-state index in [4.69, 9.17) is 10.5 Å². The van der Waals surface area contributed by atoms with E-state index in [1.807, 2.05) is 36.3 Å². The Morgan fingerprint density at radius 1 is 1.44 bits per heavy atom. The molecule has 2 N–H and O–H groups in total. The molecular weight excluding hydrogens is 386 g/mol. The van der Waals surface area contributed by atoms with Crippen LogP contribution in [0.15, 0.2) is 17.0 Å². The third-order valence-electron chi connectivity index (χ3n) is 4.96. The minimum Gasteiger partial charge on any atom is -0.444 e. The van der Waals surface area contributed by atoms with Crippen molar-refractivity contribution in [3.8, 4) is 0 Å². The Morgan fingerprint density at radius 2 is 2.16 bits per heavy atom. The Bertz CT molecular complexity index is 853. The highest BCUT2D eigenvalue weighted by Crippen LogP contribution is 2.58. The van der Waals surface area contributed by atoms with Gasteiger partial charge in [-0.15, -0.1) is 0 Å². The molecule has 4 rings (SSSR count). The van der Waals surface area contributed by atoms with Crippen LogP contribution in [0.1, 0.15) is 51.9 Å². The number of likely N-dealkylation sites (tertiary alicyclic amines) is 1. The molecular formula is C17H22BrN5O2. The molecule has 0 aromatic carbocycles. The first-order chi connectivity index (χ1) is 11.7. The summed E-state index contributed by atoms with van der Waals surface area (Å²) in [6, 6.07) is -0.127. The first kappa shape index (κ1) is 16.6. The fourth-order valence-electron chi connectivity index (χ4n) is 3.62. The maximum absolute atomic E-state index is 12.8. The lowest BCUT2D eigenvalue weighted by Crippen LogP contribution is -2.37. The third kappa shape index (κ3) is 2.86. The number of nitrogens with zero attached hydrogens (tertiary/aromatic N) is 4. The normalized spacial score (nSPS) is 21.9. The molecule has 1 aliphatic heterocycles. The molecule has 2 aromatic heterocycles. The number of fused-ring (bicyclic) bond motifs is 1. The van der Waals surface area contributed by atoms with E-state index in [0.29, 0.717) is 10.4 Å². The van der Waals surface area contributed by atoms with Gasteiger partial charge in [0.25, 0.3) is 0 Å². The minimum absolute atomic E-state index is 0.127. The highest BCUT2D eigenvalue weighted by molar-refractivity contribution is 9.10. The average molecular weight is 408 g/mol. The highest BCUT2D eigenvalue weighted by atomic mass is 79.9. The molecule has 1 saturated heterocycles. The van der Waals surface area contributed by atoms with Crippen molar-refractivity contribution < 1.29 is 9.53 Å². The summed E-state index contributed by atoms with van der Waals surface area (Å²) in [5.41, 5.74) is 6.44. The van der Waals surface area contributed by atoms with Crippen LogP contribution in [0.2, 0.25) is 0 Å². The van der Waals surface area contributed by atoms with Crippen LogP contribution in [-0.4, -0.2) is 37.5 Å². The Morgan fingerprint density at radius 3 is 2.80 bits per heavy atom. The summed E-state index contributed by atoms with van der Waals surface area (Å²) in [6.07, 6.45) is 6.41. The lowest BCUT2D eigenvalue weighted by Gasteiger charge is -2.28. The number of halogens is 1. The van der Waals surface area contributed by atoms with Crippen molar-refractivity contribution in [2.75, 3.05) is 12.3 Å². The molecule has 1 atom stereocenters. The maximum Gasteiger partial charge on any atom is 0.410 e. The summed E-state index contributed by atoms with van der Waals surface area (Å²) in [5.74, 6) is 1.21. The van der Waals surface area contributed by atoms with Crippen LogP contribution >= 0.6 is 15.9 Å². The molecule has 3 heterocycles. The Labute approximate surface area is 154 Å². The monoisotopic (exact) mass is 407 g/mol. The Balaban J connectivity index is 1.75. The molecule has 134 valence electrons. The largest absolute Gasteiger partial charge is 0.444 e. The second-order valence-electron chi connectivity index (χ2n) is 8.12. The molecule has 1 aliphatic carbocycles. The smallest absolute Gasteiger partial charge is 0.410 e. The zero-order valence-electron chi connectivity index (χ0n) is 14.6. The summed E-state index contributed by atoms with van der Waals surface area (Å²) >= 11 is 3.48. The number of ether oxygens (including phenoxy) is 1. The van der Waals surface area contributed by atoms with Crippen LogP contribution in [0.4, 0.5) is 10.6 Å². The van der Waals surface area contributed by atoms with Crippen molar-refractivity contribution in [2.45, 2.75) is 51.7 Å². The van der Waals surface area contributed by atoms with E-state index in [-0.39, 0.29) is 17.6 Å². The molecule has 0 radical (unpaired) electrons. The minimum atomic E-state index is -0.523. The number of rotatable bonds is 1. The molecule has 1 unspecified atom stereocenters. The molecule has 2 aromatic rings. The number of carbonyl (C=O) groups is 1.